The molecule has 25 heavy (non-hydrogen) atoms. The summed E-state index contributed by atoms with van der Waals surface area (Å²) >= 11 is 3.40. The van der Waals surface area contributed by atoms with Crippen molar-refractivity contribution in [2.45, 2.75) is 50.8 Å². The van der Waals surface area contributed by atoms with Gasteiger partial charge in [0.05, 0.1) is 0 Å². The molecule has 134 valence electrons. The van der Waals surface area contributed by atoms with Crippen molar-refractivity contribution < 1.29 is 14.3 Å². The van der Waals surface area contributed by atoms with Crippen molar-refractivity contribution in [1.82, 2.24) is 10.2 Å². The smallest absolute Gasteiger partial charge is 0.407 e. The van der Waals surface area contributed by atoms with Crippen LogP contribution in [0.4, 0.5) is 4.79 Å². The normalized spacial score (nSPS) is 30.8. The van der Waals surface area contributed by atoms with Gasteiger partial charge in [-0.3, -0.25) is 4.79 Å². The van der Waals surface area contributed by atoms with E-state index in [-0.39, 0.29) is 30.1 Å². The van der Waals surface area contributed by atoms with Crippen molar-refractivity contribution >= 4 is 27.9 Å². The summed E-state index contributed by atoms with van der Waals surface area (Å²) in [6, 6.07) is 8.10. The van der Waals surface area contributed by atoms with Crippen molar-refractivity contribution in [3.63, 3.8) is 0 Å². The Bertz CT molecular complexity index is 663. The number of hydrogen-bond donors (Lipinski definition) is 1. The molecule has 0 unspecified atom stereocenters. The lowest BCUT2D eigenvalue weighted by Crippen LogP contribution is -2.53. The summed E-state index contributed by atoms with van der Waals surface area (Å²) in [5.41, 5.74) is 1.03. The average molecular weight is 407 g/mol. The van der Waals surface area contributed by atoms with Crippen molar-refractivity contribution in [2.75, 3.05) is 6.54 Å². The van der Waals surface area contributed by atoms with Gasteiger partial charge in [-0.2, -0.15) is 0 Å². The molecule has 0 aromatic heterocycles. The summed E-state index contributed by atoms with van der Waals surface area (Å²) in [4.78, 5) is 26.8. The molecule has 1 aromatic rings. The first kappa shape index (κ1) is 16.9. The maximum Gasteiger partial charge on any atom is 0.407 e. The van der Waals surface area contributed by atoms with Gasteiger partial charge >= 0.3 is 6.09 Å². The third kappa shape index (κ3) is 3.41. The number of carbonyl (C=O) groups excluding carboxylic acids is 2. The molecule has 1 saturated carbocycles. The van der Waals surface area contributed by atoms with Crippen LogP contribution >= 0.6 is 15.9 Å². The lowest BCUT2D eigenvalue weighted by atomic mass is 9.84. The van der Waals surface area contributed by atoms with E-state index in [0.29, 0.717) is 18.9 Å². The highest BCUT2D eigenvalue weighted by molar-refractivity contribution is 9.10. The number of piperidine rings is 2. The molecule has 0 spiro atoms. The number of ether oxygens (including phenoxy) is 1. The predicted molar refractivity (Wildman–Crippen MR) is 96.8 cm³/mol. The Morgan fingerprint density at radius 2 is 2.04 bits per heavy atom. The monoisotopic (exact) mass is 406 g/mol. The molecule has 1 aliphatic carbocycles. The number of halogens is 1. The zero-order valence-corrected chi connectivity index (χ0v) is 15.7. The molecule has 0 radical (unpaired) electrons. The van der Waals surface area contributed by atoms with E-state index in [1.807, 2.05) is 24.3 Å². The Morgan fingerprint density at radius 1 is 1.24 bits per heavy atom. The summed E-state index contributed by atoms with van der Waals surface area (Å²) in [5, 5.41) is 2.83. The van der Waals surface area contributed by atoms with Crippen molar-refractivity contribution in [1.29, 1.82) is 0 Å². The molecule has 1 N–H and O–H groups in total. The quantitative estimate of drug-likeness (QED) is 0.835. The molecule has 2 bridgehead atoms. The number of alkyl carbamates (subject to hydrolysis) is 1. The second-order valence-corrected chi connectivity index (χ2v) is 8.27. The molecule has 4 rings (SSSR count). The average Bonchev–Trinajstić information content (AvgIpc) is 3.00. The molecule has 2 amide bonds. The van der Waals surface area contributed by atoms with Gasteiger partial charge in [0.1, 0.15) is 6.10 Å². The van der Waals surface area contributed by atoms with Crippen molar-refractivity contribution in [3.05, 3.63) is 34.3 Å². The number of rotatable bonds is 3. The van der Waals surface area contributed by atoms with E-state index in [0.717, 1.165) is 42.3 Å². The van der Waals surface area contributed by atoms with Crippen LogP contribution < -0.4 is 5.32 Å². The van der Waals surface area contributed by atoms with E-state index >= 15 is 0 Å². The third-order valence-electron chi connectivity index (χ3n) is 5.84. The third-order valence-corrected chi connectivity index (χ3v) is 6.36. The lowest BCUT2D eigenvalue weighted by Gasteiger charge is -2.43. The van der Waals surface area contributed by atoms with Crippen LogP contribution in [-0.4, -0.2) is 35.6 Å². The van der Waals surface area contributed by atoms with Gasteiger partial charge in [-0.15, -0.1) is 0 Å². The fraction of sp³-hybridized carbons (Fsp3) is 0.579. The van der Waals surface area contributed by atoms with E-state index in [1.165, 1.54) is 0 Å². The molecule has 6 heteroatoms. The molecular weight excluding hydrogens is 384 g/mol. The van der Waals surface area contributed by atoms with Crippen molar-refractivity contribution in [2.24, 2.45) is 11.8 Å². The van der Waals surface area contributed by atoms with Crippen LogP contribution in [0.25, 0.3) is 0 Å². The van der Waals surface area contributed by atoms with E-state index in [2.05, 4.69) is 26.1 Å². The fourth-order valence-electron chi connectivity index (χ4n) is 4.64. The predicted octanol–water partition coefficient (Wildman–Crippen LogP) is 3.46. The Kier molecular flexibility index (Phi) is 4.71. The van der Waals surface area contributed by atoms with E-state index < -0.39 is 0 Å². The van der Waals surface area contributed by atoms with Crippen LogP contribution in [0, 0.1) is 11.8 Å². The molecule has 5 nitrogen and oxygen atoms in total. The zero-order valence-electron chi connectivity index (χ0n) is 14.1. The highest BCUT2D eigenvalue weighted by Gasteiger charge is 2.52. The molecule has 2 heterocycles. The van der Waals surface area contributed by atoms with Crippen LogP contribution in [-0.2, 0) is 16.1 Å². The first-order chi connectivity index (χ1) is 12.1. The van der Waals surface area contributed by atoms with E-state index in [1.54, 1.807) is 0 Å². The maximum atomic E-state index is 12.6. The number of benzene rings is 1. The highest BCUT2D eigenvalue weighted by atomic mass is 79.9. The summed E-state index contributed by atoms with van der Waals surface area (Å²) in [6.07, 6.45) is 4.36. The minimum absolute atomic E-state index is 0.0450. The number of carbonyl (C=O) groups is 2. The summed E-state index contributed by atoms with van der Waals surface area (Å²) in [7, 11) is 0. The molecule has 2 saturated heterocycles. The van der Waals surface area contributed by atoms with Crippen LogP contribution in [0.5, 0.6) is 0 Å². The van der Waals surface area contributed by atoms with Crippen LogP contribution in [0.2, 0.25) is 0 Å². The maximum absolute atomic E-state index is 12.6. The van der Waals surface area contributed by atoms with Gasteiger partial charge in [0, 0.05) is 35.4 Å². The Morgan fingerprint density at radius 3 is 2.84 bits per heavy atom. The molecule has 4 atom stereocenters. The molecule has 1 aromatic carbocycles. The zero-order chi connectivity index (χ0) is 17.4. The van der Waals surface area contributed by atoms with E-state index in [4.69, 9.17) is 4.74 Å². The van der Waals surface area contributed by atoms with Gasteiger partial charge in [0.2, 0.25) is 5.91 Å². The van der Waals surface area contributed by atoms with E-state index in [9.17, 15) is 9.59 Å². The SMILES string of the molecule is O=C(NCc1ccc(Br)cc1)O[C@@H]1C[C@H]2C[C@@H]1[C@H]1CCCCN1C2=O. The van der Waals surface area contributed by atoms with Crippen LogP contribution in [0.3, 0.4) is 0 Å². The fourth-order valence-corrected chi connectivity index (χ4v) is 4.90. The number of hydrogen-bond acceptors (Lipinski definition) is 3. The molecular formula is C19H23BrN2O3. The lowest BCUT2D eigenvalue weighted by molar-refractivity contribution is -0.143. The molecule has 3 fully saturated rings. The van der Waals surface area contributed by atoms with Gasteiger partial charge < -0.3 is 15.0 Å². The van der Waals surface area contributed by atoms with Gasteiger partial charge in [-0.05, 0) is 49.8 Å². The van der Waals surface area contributed by atoms with Gasteiger partial charge in [-0.1, -0.05) is 28.1 Å². The Hall–Kier alpha value is -1.56. The number of nitrogens with zero attached hydrogens (tertiary/aromatic N) is 1. The van der Waals surface area contributed by atoms with Gasteiger partial charge in [-0.25, -0.2) is 4.79 Å². The Labute approximate surface area is 156 Å². The molecule has 3 aliphatic rings. The summed E-state index contributed by atoms with van der Waals surface area (Å²) in [6.45, 7) is 1.32. The summed E-state index contributed by atoms with van der Waals surface area (Å²) in [5.74, 6) is 0.632. The van der Waals surface area contributed by atoms with Crippen LogP contribution in [0.15, 0.2) is 28.7 Å². The van der Waals surface area contributed by atoms with Gasteiger partial charge in [0.25, 0.3) is 0 Å². The minimum atomic E-state index is -0.379. The number of amides is 2. The minimum Gasteiger partial charge on any atom is -0.446 e. The van der Waals surface area contributed by atoms with Gasteiger partial charge in [0.15, 0.2) is 0 Å². The topological polar surface area (TPSA) is 58.6 Å². The largest absolute Gasteiger partial charge is 0.446 e. The second-order valence-electron chi connectivity index (χ2n) is 7.35. The second kappa shape index (κ2) is 6.98. The standard InChI is InChI=1S/C19H23BrN2O3/c20-14-6-4-12(5-7-14)11-21-19(24)25-17-10-13-9-15(17)16-3-1-2-8-22(16)18(13)23/h4-7,13,15-17H,1-3,8-11H2,(H,21,24)/t13-,15-,16-,17-/m1/s1. The number of nitrogens with one attached hydrogen (secondary N) is 1. The van der Waals surface area contributed by atoms with Crippen molar-refractivity contribution in [3.8, 4) is 0 Å². The van der Waals surface area contributed by atoms with Crippen LogP contribution in [0.1, 0.15) is 37.7 Å². The highest BCUT2D eigenvalue weighted by Crippen LogP contribution is 2.45. The summed E-state index contributed by atoms with van der Waals surface area (Å²) < 4.78 is 6.74. The molecule has 2 aliphatic heterocycles. The Balaban J connectivity index is 1.35. The number of fused-ring (bicyclic) bond motifs is 4. The first-order valence-corrected chi connectivity index (χ1v) is 9.90. The first-order valence-electron chi connectivity index (χ1n) is 9.11.